The van der Waals surface area contributed by atoms with Gasteiger partial charge in [-0.1, -0.05) is 30.3 Å². The maximum Gasteiger partial charge on any atom is 0.122 e. The van der Waals surface area contributed by atoms with Crippen LogP contribution < -0.4 is 5.32 Å². The molecule has 3 heteroatoms. The zero-order chi connectivity index (χ0) is 14.4. The topological polar surface area (TPSA) is 28.4 Å². The molecule has 20 heavy (non-hydrogen) atoms. The molecule has 0 amide bonds. The lowest BCUT2D eigenvalue weighted by atomic mass is 10.1. The fourth-order valence-corrected chi connectivity index (χ4v) is 2.28. The largest absolute Gasteiger partial charge is 0.468 e. The van der Waals surface area contributed by atoms with E-state index in [4.69, 9.17) is 4.42 Å². The summed E-state index contributed by atoms with van der Waals surface area (Å²) in [5.74, 6) is 1.06. The Morgan fingerprint density at radius 3 is 2.50 bits per heavy atom. The molecule has 1 N–H and O–H groups in total. The minimum atomic E-state index is 0.475. The Labute approximate surface area is 121 Å². The van der Waals surface area contributed by atoms with E-state index in [9.17, 15) is 0 Å². The number of benzene rings is 1. The van der Waals surface area contributed by atoms with Crippen molar-refractivity contribution in [1.29, 1.82) is 0 Å². The van der Waals surface area contributed by atoms with Gasteiger partial charge in [0.15, 0.2) is 0 Å². The summed E-state index contributed by atoms with van der Waals surface area (Å²) < 4.78 is 5.65. The van der Waals surface area contributed by atoms with Gasteiger partial charge in [0.05, 0.1) is 12.8 Å². The summed E-state index contributed by atoms with van der Waals surface area (Å²) in [5, 5.41) is 3.18. The van der Waals surface area contributed by atoms with Crippen LogP contribution in [0.3, 0.4) is 0 Å². The van der Waals surface area contributed by atoms with Gasteiger partial charge in [0.25, 0.3) is 0 Å². The summed E-state index contributed by atoms with van der Waals surface area (Å²) in [4.78, 5) is 2.42. The number of furan rings is 1. The Kier molecular flexibility index (Phi) is 5.39. The molecule has 0 spiro atoms. The molecule has 0 saturated heterocycles. The second kappa shape index (κ2) is 7.27. The average Bonchev–Trinajstić information content (AvgIpc) is 2.87. The lowest BCUT2D eigenvalue weighted by Crippen LogP contribution is -2.30. The van der Waals surface area contributed by atoms with Crippen LogP contribution in [0, 0.1) is 0 Å². The molecular weight excluding hydrogens is 248 g/mol. The second-order valence-electron chi connectivity index (χ2n) is 5.38. The van der Waals surface area contributed by atoms with Gasteiger partial charge in [-0.25, -0.2) is 0 Å². The van der Waals surface area contributed by atoms with Gasteiger partial charge in [0, 0.05) is 24.7 Å². The van der Waals surface area contributed by atoms with E-state index in [0.29, 0.717) is 6.04 Å². The third-order valence-corrected chi connectivity index (χ3v) is 3.51. The van der Waals surface area contributed by atoms with E-state index in [1.165, 1.54) is 11.1 Å². The molecule has 0 radical (unpaired) electrons. The van der Waals surface area contributed by atoms with E-state index in [2.05, 4.69) is 54.4 Å². The highest BCUT2D eigenvalue weighted by Gasteiger charge is 2.15. The first kappa shape index (κ1) is 14.8. The Balaban J connectivity index is 2.07. The van der Waals surface area contributed by atoms with Gasteiger partial charge in [-0.15, -0.1) is 0 Å². The molecule has 0 fully saturated rings. The van der Waals surface area contributed by atoms with Crippen molar-refractivity contribution in [2.24, 2.45) is 0 Å². The quantitative estimate of drug-likeness (QED) is 0.837. The van der Waals surface area contributed by atoms with Crippen molar-refractivity contribution in [2.75, 3.05) is 7.05 Å². The number of nitrogens with zero attached hydrogens (tertiary/aromatic N) is 1. The van der Waals surface area contributed by atoms with Gasteiger partial charge < -0.3 is 9.73 Å². The van der Waals surface area contributed by atoms with Gasteiger partial charge in [0.1, 0.15) is 5.76 Å². The molecule has 2 rings (SSSR count). The molecule has 0 aliphatic rings. The van der Waals surface area contributed by atoms with Crippen LogP contribution in [-0.4, -0.2) is 18.0 Å². The van der Waals surface area contributed by atoms with E-state index in [1.54, 1.807) is 6.26 Å². The molecule has 1 aromatic heterocycles. The second-order valence-corrected chi connectivity index (χ2v) is 5.38. The van der Waals surface area contributed by atoms with E-state index in [1.807, 2.05) is 13.1 Å². The van der Waals surface area contributed by atoms with Crippen molar-refractivity contribution >= 4 is 0 Å². The van der Waals surface area contributed by atoms with Crippen LogP contribution in [0.1, 0.15) is 30.7 Å². The predicted octanol–water partition coefficient (Wildman–Crippen LogP) is 3.41. The van der Waals surface area contributed by atoms with Crippen molar-refractivity contribution in [3.63, 3.8) is 0 Å². The van der Waals surface area contributed by atoms with Gasteiger partial charge >= 0.3 is 0 Å². The van der Waals surface area contributed by atoms with Crippen LogP contribution in [0.25, 0.3) is 0 Å². The highest BCUT2D eigenvalue weighted by Crippen LogP contribution is 2.17. The number of hydrogen-bond donors (Lipinski definition) is 1. The van der Waals surface area contributed by atoms with Crippen LogP contribution in [0.15, 0.2) is 47.1 Å². The Hall–Kier alpha value is -1.58. The van der Waals surface area contributed by atoms with Crippen molar-refractivity contribution < 1.29 is 4.42 Å². The summed E-state index contributed by atoms with van der Waals surface area (Å²) in [6, 6.07) is 13.1. The monoisotopic (exact) mass is 272 g/mol. The van der Waals surface area contributed by atoms with Crippen molar-refractivity contribution in [3.05, 3.63) is 59.5 Å². The van der Waals surface area contributed by atoms with Gasteiger partial charge in [-0.2, -0.15) is 0 Å². The maximum absolute atomic E-state index is 5.65. The van der Waals surface area contributed by atoms with Gasteiger partial charge in [0.2, 0.25) is 0 Å². The smallest absolute Gasteiger partial charge is 0.122 e. The number of rotatable bonds is 7. The summed E-state index contributed by atoms with van der Waals surface area (Å²) in [6.45, 7) is 7.09. The molecule has 108 valence electrons. The summed E-state index contributed by atoms with van der Waals surface area (Å²) in [7, 11) is 1.96. The summed E-state index contributed by atoms with van der Waals surface area (Å²) in [6.07, 6.45) is 1.78. The zero-order valence-corrected chi connectivity index (χ0v) is 12.6. The first-order valence-corrected chi connectivity index (χ1v) is 7.18. The average molecular weight is 272 g/mol. The summed E-state index contributed by atoms with van der Waals surface area (Å²) >= 11 is 0. The Morgan fingerprint density at radius 2 is 1.85 bits per heavy atom. The minimum Gasteiger partial charge on any atom is -0.468 e. The highest BCUT2D eigenvalue weighted by molar-refractivity contribution is 5.18. The SMILES string of the molecule is CNCc1ccoc1CN(Cc1ccccc1)C(C)C. The highest BCUT2D eigenvalue weighted by atomic mass is 16.3. The van der Waals surface area contributed by atoms with E-state index >= 15 is 0 Å². The Morgan fingerprint density at radius 1 is 1.10 bits per heavy atom. The first-order chi connectivity index (χ1) is 9.70. The number of hydrogen-bond acceptors (Lipinski definition) is 3. The molecular formula is C17H24N2O. The van der Waals surface area contributed by atoms with Crippen molar-refractivity contribution in [1.82, 2.24) is 10.2 Å². The van der Waals surface area contributed by atoms with E-state index < -0.39 is 0 Å². The van der Waals surface area contributed by atoms with Crippen LogP contribution in [0.5, 0.6) is 0 Å². The van der Waals surface area contributed by atoms with Crippen LogP contribution in [-0.2, 0) is 19.6 Å². The lowest BCUT2D eigenvalue weighted by Gasteiger charge is -2.26. The lowest BCUT2D eigenvalue weighted by molar-refractivity contribution is 0.187. The molecule has 0 saturated carbocycles. The molecule has 0 aliphatic carbocycles. The van der Waals surface area contributed by atoms with E-state index in [0.717, 1.165) is 25.4 Å². The van der Waals surface area contributed by atoms with Crippen LogP contribution in [0.4, 0.5) is 0 Å². The molecule has 0 unspecified atom stereocenters. The molecule has 2 aromatic rings. The molecule has 1 heterocycles. The third kappa shape index (κ3) is 3.95. The van der Waals surface area contributed by atoms with Gasteiger partial charge in [-0.3, -0.25) is 4.90 Å². The van der Waals surface area contributed by atoms with Crippen LogP contribution in [0.2, 0.25) is 0 Å². The standard InChI is InChI=1S/C17H24N2O/c1-14(2)19(12-15-7-5-4-6-8-15)13-17-16(11-18-3)9-10-20-17/h4-10,14,18H,11-13H2,1-3H3. The normalized spacial score (nSPS) is 11.4. The van der Waals surface area contributed by atoms with Gasteiger partial charge in [-0.05, 0) is 32.5 Å². The molecule has 0 aliphatic heterocycles. The third-order valence-electron chi connectivity index (χ3n) is 3.51. The summed E-state index contributed by atoms with van der Waals surface area (Å²) in [5.41, 5.74) is 2.58. The van der Waals surface area contributed by atoms with Crippen molar-refractivity contribution in [2.45, 2.75) is 39.5 Å². The molecule has 0 bridgehead atoms. The molecule has 3 nitrogen and oxygen atoms in total. The zero-order valence-electron chi connectivity index (χ0n) is 12.6. The first-order valence-electron chi connectivity index (χ1n) is 7.18. The van der Waals surface area contributed by atoms with Crippen LogP contribution >= 0.6 is 0 Å². The molecule has 0 atom stereocenters. The minimum absolute atomic E-state index is 0.475. The van der Waals surface area contributed by atoms with Crippen molar-refractivity contribution in [3.8, 4) is 0 Å². The van der Waals surface area contributed by atoms with E-state index in [-0.39, 0.29) is 0 Å². The number of nitrogens with one attached hydrogen (secondary N) is 1. The Bertz CT molecular complexity index is 505. The predicted molar refractivity (Wildman–Crippen MR) is 82.3 cm³/mol. The maximum atomic E-state index is 5.65. The fraction of sp³-hybridized carbons (Fsp3) is 0.412. The fourth-order valence-electron chi connectivity index (χ4n) is 2.28. The molecule has 1 aromatic carbocycles.